The Labute approximate surface area is 127 Å². The lowest BCUT2D eigenvalue weighted by Gasteiger charge is -2.39. The predicted octanol–water partition coefficient (Wildman–Crippen LogP) is 3.66. The van der Waals surface area contributed by atoms with E-state index < -0.39 is 5.67 Å². The van der Waals surface area contributed by atoms with Gasteiger partial charge in [0.15, 0.2) is 0 Å². The van der Waals surface area contributed by atoms with Crippen LogP contribution in [0.25, 0.3) is 0 Å². The number of halogens is 1. The second kappa shape index (κ2) is 5.38. The van der Waals surface area contributed by atoms with Crippen LogP contribution >= 0.6 is 0 Å². The molecule has 21 heavy (non-hydrogen) atoms. The zero-order valence-corrected chi connectivity index (χ0v) is 13.8. The van der Waals surface area contributed by atoms with Crippen molar-refractivity contribution in [3.8, 4) is 0 Å². The maximum absolute atomic E-state index is 14.0. The van der Waals surface area contributed by atoms with Crippen LogP contribution in [0, 0.1) is 19.8 Å². The average molecular weight is 293 g/mol. The van der Waals surface area contributed by atoms with Gasteiger partial charge in [0.1, 0.15) is 11.5 Å². The fourth-order valence-electron chi connectivity index (χ4n) is 4.26. The molecule has 0 bridgehead atoms. The van der Waals surface area contributed by atoms with E-state index in [9.17, 15) is 4.39 Å². The van der Waals surface area contributed by atoms with Gasteiger partial charge in [-0.3, -0.25) is 4.90 Å². The van der Waals surface area contributed by atoms with E-state index in [0.29, 0.717) is 30.8 Å². The number of hydrogen-bond donors (Lipinski definition) is 0. The second-order valence-electron chi connectivity index (χ2n) is 7.46. The molecule has 4 heteroatoms. The Morgan fingerprint density at radius 2 is 1.90 bits per heavy atom. The van der Waals surface area contributed by atoms with Gasteiger partial charge >= 0.3 is 0 Å². The number of piperidine rings is 1. The molecule has 118 valence electrons. The van der Waals surface area contributed by atoms with E-state index in [1.54, 1.807) is 6.92 Å². The zero-order chi connectivity index (χ0) is 15.2. The smallest absolute Gasteiger partial charge is 0.110 e. The van der Waals surface area contributed by atoms with Gasteiger partial charge in [-0.25, -0.2) is 9.37 Å². The molecule has 1 aromatic heterocycles. The van der Waals surface area contributed by atoms with Crippen LogP contribution in [-0.2, 0) is 0 Å². The van der Waals surface area contributed by atoms with Crippen LogP contribution in [0.1, 0.15) is 57.1 Å². The number of rotatable bonds is 2. The third-order valence-corrected chi connectivity index (χ3v) is 5.56. The van der Waals surface area contributed by atoms with E-state index >= 15 is 0 Å². The highest BCUT2D eigenvalue weighted by atomic mass is 19.1. The predicted molar refractivity (Wildman–Crippen MR) is 83.2 cm³/mol. The summed E-state index contributed by atoms with van der Waals surface area (Å²) in [5.41, 5.74) is 0.158. The molecule has 1 saturated heterocycles. The Balaban J connectivity index is 1.68. The summed E-state index contributed by atoms with van der Waals surface area (Å²) in [5.74, 6) is 1.81. The van der Waals surface area contributed by atoms with Gasteiger partial charge in [0.2, 0.25) is 0 Å². The van der Waals surface area contributed by atoms with E-state index in [1.165, 1.54) is 12.8 Å². The van der Waals surface area contributed by atoms with Gasteiger partial charge in [-0.15, -0.1) is 0 Å². The number of aryl methyl sites for hydroxylation is 2. The maximum atomic E-state index is 14.0. The van der Waals surface area contributed by atoms with Gasteiger partial charge in [-0.05, 0) is 52.4 Å². The van der Waals surface area contributed by atoms with Gasteiger partial charge in [-0.1, -0.05) is 6.92 Å². The first kappa shape index (κ1) is 15.0. The van der Waals surface area contributed by atoms with Crippen LogP contribution in [0.2, 0.25) is 0 Å². The molecule has 1 saturated carbocycles. The van der Waals surface area contributed by atoms with Crippen LogP contribution < -0.4 is 0 Å². The molecular weight excluding hydrogens is 265 g/mol. The highest BCUT2D eigenvalue weighted by Crippen LogP contribution is 2.40. The minimum absolute atomic E-state index is 0.560. The van der Waals surface area contributed by atoms with Crippen LogP contribution in [0.3, 0.4) is 0 Å². The van der Waals surface area contributed by atoms with Crippen LogP contribution in [0.5, 0.6) is 0 Å². The van der Waals surface area contributed by atoms with Crippen LogP contribution in [-0.4, -0.2) is 39.3 Å². The van der Waals surface area contributed by atoms with Crippen molar-refractivity contribution < 1.29 is 4.39 Å². The molecule has 0 radical (unpaired) electrons. The SMILES string of the molecule is Cc1cn(C2CC(C)C(N3CCC(C)(F)CC3)C2)c(C)n1. The van der Waals surface area contributed by atoms with Crippen molar-refractivity contribution in [1.82, 2.24) is 14.5 Å². The fourth-order valence-corrected chi connectivity index (χ4v) is 4.26. The van der Waals surface area contributed by atoms with Gasteiger partial charge in [-0.2, -0.15) is 0 Å². The summed E-state index contributed by atoms with van der Waals surface area (Å²) in [6.07, 6.45) is 5.95. The third-order valence-electron chi connectivity index (χ3n) is 5.56. The molecule has 0 amide bonds. The molecule has 2 fully saturated rings. The van der Waals surface area contributed by atoms with Gasteiger partial charge in [0.25, 0.3) is 0 Å². The van der Waals surface area contributed by atoms with Crippen molar-refractivity contribution in [3.05, 3.63) is 17.7 Å². The molecule has 0 spiro atoms. The Bertz CT molecular complexity index is 498. The molecular formula is C17H28FN3. The summed E-state index contributed by atoms with van der Waals surface area (Å²) in [5, 5.41) is 0. The van der Waals surface area contributed by atoms with Gasteiger partial charge in [0.05, 0.1) is 5.69 Å². The van der Waals surface area contributed by atoms with Crippen molar-refractivity contribution in [2.24, 2.45) is 5.92 Å². The molecule has 3 unspecified atom stereocenters. The first-order chi connectivity index (χ1) is 9.85. The molecule has 1 aliphatic heterocycles. The summed E-state index contributed by atoms with van der Waals surface area (Å²) in [6.45, 7) is 10.1. The monoisotopic (exact) mass is 293 g/mol. The van der Waals surface area contributed by atoms with E-state index in [2.05, 4.69) is 41.4 Å². The number of likely N-dealkylation sites (tertiary alicyclic amines) is 1. The molecule has 0 aromatic carbocycles. The fraction of sp³-hybridized carbons (Fsp3) is 0.824. The first-order valence-electron chi connectivity index (χ1n) is 8.31. The number of aromatic nitrogens is 2. The van der Waals surface area contributed by atoms with Crippen molar-refractivity contribution in [1.29, 1.82) is 0 Å². The molecule has 2 aliphatic rings. The van der Waals surface area contributed by atoms with E-state index in [-0.39, 0.29) is 0 Å². The molecule has 3 nitrogen and oxygen atoms in total. The lowest BCUT2D eigenvalue weighted by atomic mass is 9.93. The lowest BCUT2D eigenvalue weighted by molar-refractivity contribution is 0.0424. The summed E-state index contributed by atoms with van der Waals surface area (Å²) in [4.78, 5) is 7.07. The summed E-state index contributed by atoms with van der Waals surface area (Å²) in [7, 11) is 0. The zero-order valence-electron chi connectivity index (χ0n) is 13.8. The number of hydrogen-bond acceptors (Lipinski definition) is 2. The third kappa shape index (κ3) is 3.01. The molecule has 1 aliphatic carbocycles. The van der Waals surface area contributed by atoms with Crippen molar-refractivity contribution >= 4 is 0 Å². The van der Waals surface area contributed by atoms with E-state index in [4.69, 9.17) is 0 Å². The second-order valence-corrected chi connectivity index (χ2v) is 7.46. The van der Waals surface area contributed by atoms with Gasteiger partial charge in [0, 0.05) is 31.4 Å². The standard InChI is InChI=1S/C17H28FN3/c1-12-9-15(21-11-13(2)19-14(21)3)10-16(12)20-7-5-17(4,18)6-8-20/h11-12,15-16H,5-10H2,1-4H3. The largest absolute Gasteiger partial charge is 0.332 e. The summed E-state index contributed by atoms with van der Waals surface area (Å²) >= 11 is 0. The quantitative estimate of drug-likeness (QED) is 0.829. The minimum Gasteiger partial charge on any atom is -0.332 e. The van der Waals surface area contributed by atoms with Crippen molar-refractivity contribution in [2.75, 3.05) is 13.1 Å². The van der Waals surface area contributed by atoms with Gasteiger partial charge < -0.3 is 4.57 Å². The maximum Gasteiger partial charge on any atom is 0.110 e. The first-order valence-corrected chi connectivity index (χ1v) is 8.31. The van der Waals surface area contributed by atoms with Crippen molar-refractivity contribution in [2.45, 2.75) is 71.1 Å². The Hall–Kier alpha value is -0.900. The average Bonchev–Trinajstić information content (AvgIpc) is 2.92. The number of nitrogens with zero attached hydrogens (tertiary/aromatic N) is 3. The molecule has 3 rings (SSSR count). The molecule has 1 aromatic rings. The summed E-state index contributed by atoms with van der Waals surface area (Å²) in [6, 6.07) is 1.16. The Kier molecular flexibility index (Phi) is 3.85. The van der Waals surface area contributed by atoms with Crippen LogP contribution in [0.15, 0.2) is 6.20 Å². The minimum atomic E-state index is -0.949. The topological polar surface area (TPSA) is 21.1 Å². The normalized spacial score (nSPS) is 33.5. The molecule has 2 heterocycles. The highest BCUT2D eigenvalue weighted by molar-refractivity contribution is 5.05. The number of imidazole rings is 1. The lowest BCUT2D eigenvalue weighted by Crippen LogP contribution is -2.46. The van der Waals surface area contributed by atoms with E-state index in [1.807, 2.05) is 0 Å². The Morgan fingerprint density at radius 3 is 2.48 bits per heavy atom. The molecule has 0 N–H and O–H groups in total. The summed E-state index contributed by atoms with van der Waals surface area (Å²) < 4.78 is 16.3. The van der Waals surface area contributed by atoms with E-state index in [0.717, 1.165) is 24.6 Å². The number of alkyl halides is 1. The molecule has 3 atom stereocenters. The Morgan fingerprint density at radius 1 is 1.24 bits per heavy atom. The van der Waals surface area contributed by atoms with Crippen LogP contribution in [0.4, 0.5) is 4.39 Å². The van der Waals surface area contributed by atoms with Crippen molar-refractivity contribution in [3.63, 3.8) is 0 Å². The highest BCUT2D eigenvalue weighted by Gasteiger charge is 2.39.